The van der Waals surface area contributed by atoms with Gasteiger partial charge in [-0.25, -0.2) is 4.98 Å². The Morgan fingerprint density at radius 2 is 1.67 bits per heavy atom. The number of benzene rings is 1. The fraction of sp³-hybridized carbons (Fsp3) is 0.222. The molecule has 0 radical (unpaired) electrons. The monoisotopic (exact) mass is 269 g/mol. The highest BCUT2D eigenvalue weighted by Crippen LogP contribution is 2.14. The Morgan fingerprint density at radius 3 is 2.20 bits per heavy atom. The Labute approximate surface area is 107 Å². The fourth-order valence-electron chi connectivity index (χ4n) is 1.15. The molecule has 0 bridgehead atoms. The average molecular weight is 271 g/mol. The van der Waals surface area contributed by atoms with Crippen molar-refractivity contribution < 1.29 is 0 Å². The van der Waals surface area contributed by atoms with Crippen LogP contribution in [0.5, 0.6) is 0 Å². The highest BCUT2D eigenvalue weighted by atomic mass is 35.5. The molecule has 1 aromatic heterocycles. The highest BCUT2D eigenvalue weighted by Gasteiger charge is 2.01. The van der Waals surface area contributed by atoms with Crippen LogP contribution in [0.4, 0.5) is 5.95 Å². The van der Waals surface area contributed by atoms with Crippen LogP contribution >= 0.6 is 37.2 Å². The van der Waals surface area contributed by atoms with E-state index in [1.807, 2.05) is 43.3 Å². The molecule has 0 aliphatic rings. The van der Waals surface area contributed by atoms with Crippen LogP contribution in [0.3, 0.4) is 0 Å². The van der Waals surface area contributed by atoms with Crippen molar-refractivity contribution in [1.29, 1.82) is 0 Å². The summed E-state index contributed by atoms with van der Waals surface area (Å²) in [4.78, 5) is 9.55. The summed E-state index contributed by atoms with van der Waals surface area (Å²) in [5, 5.41) is 0. The number of aromatic amines is 1. The summed E-state index contributed by atoms with van der Waals surface area (Å²) >= 11 is 0. The van der Waals surface area contributed by atoms with Crippen LogP contribution in [0.1, 0.15) is 0 Å². The average Bonchev–Trinajstić information content (AvgIpc) is 2.46. The summed E-state index contributed by atoms with van der Waals surface area (Å²) in [6.07, 6.45) is 0. The van der Waals surface area contributed by atoms with Gasteiger partial charge in [-0.15, -0.1) is 37.2 Å². The number of halogens is 3. The Hall–Kier alpha value is -0.640. The summed E-state index contributed by atoms with van der Waals surface area (Å²) < 4.78 is 0. The number of nitrogens with one attached hydrogen (secondary N) is 1. The maximum absolute atomic E-state index is 4.38. The number of imidazole rings is 1. The molecule has 0 saturated carbocycles. The second kappa shape index (κ2) is 6.77. The van der Waals surface area contributed by atoms with E-state index in [1.54, 1.807) is 0 Å². The van der Waals surface area contributed by atoms with Crippen molar-refractivity contribution in [2.24, 2.45) is 0 Å². The first-order valence-electron chi connectivity index (χ1n) is 3.89. The zero-order valence-corrected chi connectivity index (χ0v) is 10.9. The Kier molecular flexibility index (Phi) is 7.58. The lowest BCUT2D eigenvalue weighted by atomic mass is 10.3. The molecular weight excluding hydrogens is 256 g/mol. The molecule has 6 heteroatoms. The molecule has 3 nitrogen and oxygen atoms in total. The van der Waals surface area contributed by atoms with Gasteiger partial charge >= 0.3 is 0 Å². The Morgan fingerprint density at radius 1 is 1.07 bits per heavy atom. The maximum Gasteiger partial charge on any atom is 0.203 e. The predicted molar refractivity (Wildman–Crippen MR) is 72.2 cm³/mol. The van der Waals surface area contributed by atoms with Crippen LogP contribution in [0, 0.1) is 0 Å². The van der Waals surface area contributed by atoms with Crippen molar-refractivity contribution in [2.45, 2.75) is 0 Å². The Bertz CT molecular complexity index is 367. The predicted octanol–water partition coefficient (Wildman–Crippen LogP) is 2.89. The van der Waals surface area contributed by atoms with Gasteiger partial charge in [0.1, 0.15) is 0 Å². The van der Waals surface area contributed by atoms with E-state index in [2.05, 4.69) is 9.97 Å². The maximum atomic E-state index is 4.38. The first-order chi connectivity index (χ1) is 5.77. The Balaban J connectivity index is 0. The second-order valence-electron chi connectivity index (χ2n) is 2.97. The molecule has 0 aliphatic heterocycles. The third kappa shape index (κ3) is 3.45. The van der Waals surface area contributed by atoms with Crippen molar-refractivity contribution in [3.05, 3.63) is 24.3 Å². The van der Waals surface area contributed by atoms with Gasteiger partial charge in [0, 0.05) is 14.1 Å². The number of hydrogen-bond donors (Lipinski definition) is 1. The van der Waals surface area contributed by atoms with Crippen molar-refractivity contribution in [3.8, 4) is 0 Å². The highest BCUT2D eigenvalue weighted by molar-refractivity contribution is 5.86. The molecule has 0 amide bonds. The van der Waals surface area contributed by atoms with Crippen molar-refractivity contribution >= 4 is 54.2 Å². The number of para-hydroxylation sites is 2. The molecule has 86 valence electrons. The molecular formula is C9H14Cl3N3. The van der Waals surface area contributed by atoms with Crippen LogP contribution in [-0.2, 0) is 0 Å². The zero-order chi connectivity index (χ0) is 8.55. The van der Waals surface area contributed by atoms with Gasteiger partial charge in [-0.3, -0.25) is 0 Å². The van der Waals surface area contributed by atoms with Crippen LogP contribution in [0.2, 0.25) is 0 Å². The van der Waals surface area contributed by atoms with E-state index >= 15 is 0 Å². The molecule has 0 atom stereocenters. The lowest BCUT2D eigenvalue weighted by Crippen LogP contribution is -2.09. The summed E-state index contributed by atoms with van der Waals surface area (Å²) in [5.74, 6) is 0.899. The number of nitrogens with zero attached hydrogens (tertiary/aromatic N) is 2. The molecule has 2 aromatic rings. The second-order valence-corrected chi connectivity index (χ2v) is 2.97. The van der Waals surface area contributed by atoms with Crippen molar-refractivity contribution in [2.75, 3.05) is 19.0 Å². The third-order valence-corrected chi connectivity index (χ3v) is 1.80. The minimum atomic E-state index is 0. The molecule has 2 rings (SSSR count). The van der Waals surface area contributed by atoms with E-state index in [0.29, 0.717) is 0 Å². The molecule has 0 unspecified atom stereocenters. The van der Waals surface area contributed by atoms with Gasteiger partial charge in [-0.1, -0.05) is 12.1 Å². The van der Waals surface area contributed by atoms with E-state index in [9.17, 15) is 0 Å². The number of anilines is 1. The topological polar surface area (TPSA) is 31.9 Å². The molecule has 1 heterocycles. The van der Waals surface area contributed by atoms with Crippen LogP contribution in [-0.4, -0.2) is 24.1 Å². The van der Waals surface area contributed by atoms with E-state index in [1.165, 1.54) is 0 Å². The normalized spacial score (nSPS) is 8.40. The molecule has 15 heavy (non-hydrogen) atoms. The van der Waals surface area contributed by atoms with Crippen LogP contribution in [0.15, 0.2) is 24.3 Å². The number of aromatic nitrogens is 2. The van der Waals surface area contributed by atoms with E-state index in [0.717, 1.165) is 17.0 Å². The van der Waals surface area contributed by atoms with Crippen LogP contribution < -0.4 is 4.90 Å². The SMILES string of the molecule is CN(C)c1nc2ccccc2[nH]1.Cl.Cl.Cl. The number of H-pyrrole nitrogens is 1. The third-order valence-electron chi connectivity index (χ3n) is 1.80. The van der Waals surface area contributed by atoms with E-state index in [4.69, 9.17) is 0 Å². The van der Waals surface area contributed by atoms with Gasteiger partial charge in [0.15, 0.2) is 0 Å². The molecule has 0 spiro atoms. The van der Waals surface area contributed by atoms with Crippen molar-refractivity contribution in [3.63, 3.8) is 0 Å². The quantitative estimate of drug-likeness (QED) is 0.864. The number of rotatable bonds is 1. The first kappa shape index (κ1) is 16.8. The van der Waals surface area contributed by atoms with E-state index < -0.39 is 0 Å². The van der Waals surface area contributed by atoms with Crippen molar-refractivity contribution in [1.82, 2.24) is 9.97 Å². The lowest BCUT2D eigenvalue weighted by Gasteiger charge is -2.05. The molecule has 0 fully saturated rings. The molecule has 0 aliphatic carbocycles. The van der Waals surface area contributed by atoms with E-state index in [-0.39, 0.29) is 37.2 Å². The van der Waals surface area contributed by atoms with Crippen LogP contribution in [0.25, 0.3) is 11.0 Å². The lowest BCUT2D eigenvalue weighted by molar-refractivity contribution is 1.05. The van der Waals surface area contributed by atoms with Gasteiger partial charge in [-0.2, -0.15) is 0 Å². The van der Waals surface area contributed by atoms with Gasteiger partial charge in [0.2, 0.25) is 5.95 Å². The minimum absolute atomic E-state index is 0. The molecule has 1 N–H and O–H groups in total. The zero-order valence-electron chi connectivity index (χ0n) is 8.43. The van der Waals surface area contributed by atoms with Gasteiger partial charge in [-0.05, 0) is 12.1 Å². The first-order valence-corrected chi connectivity index (χ1v) is 3.89. The summed E-state index contributed by atoms with van der Waals surface area (Å²) in [6, 6.07) is 8.01. The fourth-order valence-corrected chi connectivity index (χ4v) is 1.15. The minimum Gasteiger partial charge on any atom is -0.349 e. The largest absolute Gasteiger partial charge is 0.349 e. The summed E-state index contributed by atoms with van der Waals surface area (Å²) in [5.41, 5.74) is 2.10. The standard InChI is InChI=1S/C9H11N3.3ClH/c1-12(2)9-10-7-5-3-4-6-8(7)11-9;;;/h3-6H,1-2H3,(H,10,11);3*1H. The van der Waals surface area contributed by atoms with Gasteiger partial charge in [0.05, 0.1) is 11.0 Å². The molecule has 0 saturated heterocycles. The van der Waals surface area contributed by atoms with Gasteiger partial charge < -0.3 is 9.88 Å². The number of fused-ring (bicyclic) bond motifs is 1. The smallest absolute Gasteiger partial charge is 0.203 e. The number of hydrogen-bond acceptors (Lipinski definition) is 2. The summed E-state index contributed by atoms with van der Waals surface area (Å²) in [7, 11) is 3.94. The summed E-state index contributed by atoms with van der Waals surface area (Å²) in [6.45, 7) is 0. The van der Waals surface area contributed by atoms with Gasteiger partial charge in [0.25, 0.3) is 0 Å². The molecule has 1 aromatic carbocycles.